The fraction of sp³-hybridized carbons (Fsp3) is 0.364. The normalized spacial score (nSPS) is 12.2. The number of carbonyl (C=O) groups is 1. The van der Waals surface area contributed by atoms with Gasteiger partial charge in [0.1, 0.15) is 11.8 Å². The monoisotopic (exact) mass is 287 g/mol. The Morgan fingerprint density at radius 1 is 1.62 bits per heavy atom. The lowest BCUT2D eigenvalue weighted by molar-refractivity contribution is -0.138. The van der Waals surface area contributed by atoms with Gasteiger partial charge in [0, 0.05) is 6.42 Å². The van der Waals surface area contributed by atoms with Crippen molar-refractivity contribution < 1.29 is 14.6 Å². The van der Waals surface area contributed by atoms with E-state index in [-0.39, 0.29) is 6.42 Å². The third kappa shape index (κ3) is 2.96. The van der Waals surface area contributed by atoms with Crippen LogP contribution in [0.1, 0.15) is 11.1 Å². The number of halogens is 1. The Morgan fingerprint density at radius 2 is 2.25 bits per heavy atom. The lowest BCUT2D eigenvalue weighted by Crippen LogP contribution is -2.32. The fourth-order valence-electron chi connectivity index (χ4n) is 1.51. The van der Waals surface area contributed by atoms with E-state index in [9.17, 15) is 4.79 Å². The van der Waals surface area contributed by atoms with E-state index in [4.69, 9.17) is 15.6 Å². The van der Waals surface area contributed by atoms with Gasteiger partial charge in [-0.3, -0.25) is 4.79 Å². The van der Waals surface area contributed by atoms with Crippen LogP contribution in [0.15, 0.2) is 16.6 Å². The van der Waals surface area contributed by atoms with Gasteiger partial charge in [0.2, 0.25) is 0 Å². The van der Waals surface area contributed by atoms with Crippen molar-refractivity contribution in [1.82, 2.24) is 0 Å². The number of ether oxygens (including phenoxy) is 1. The smallest absolute Gasteiger partial charge is 0.320 e. The summed E-state index contributed by atoms with van der Waals surface area (Å²) in [5.74, 6) is -0.373. The number of nitrogens with two attached hydrogens (primary N) is 1. The van der Waals surface area contributed by atoms with E-state index in [1.807, 2.05) is 19.1 Å². The predicted octanol–water partition coefficient (Wildman–Crippen LogP) is 1.72. The van der Waals surface area contributed by atoms with E-state index < -0.39 is 12.0 Å². The van der Waals surface area contributed by atoms with E-state index in [1.165, 1.54) is 0 Å². The molecule has 1 unspecified atom stereocenters. The summed E-state index contributed by atoms with van der Waals surface area (Å²) in [5.41, 5.74) is 7.33. The highest BCUT2D eigenvalue weighted by Crippen LogP contribution is 2.31. The Labute approximate surface area is 103 Å². The average Bonchev–Trinajstić information content (AvgIpc) is 2.16. The van der Waals surface area contributed by atoms with Gasteiger partial charge in [-0.2, -0.15) is 0 Å². The first-order chi connectivity index (χ1) is 7.45. The number of hydrogen-bond donors (Lipinski definition) is 2. The number of hydrogen-bond acceptors (Lipinski definition) is 3. The quantitative estimate of drug-likeness (QED) is 0.885. The molecule has 0 aliphatic carbocycles. The molecule has 0 heterocycles. The summed E-state index contributed by atoms with van der Waals surface area (Å²) in [6.45, 7) is 1.93. The topological polar surface area (TPSA) is 72.5 Å². The van der Waals surface area contributed by atoms with Crippen LogP contribution in [-0.4, -0.2) is 24.2 Å². The SMILES string of the molecule is COc1c(Br)cc(C)cc1CC(N)C(=O)O. The number of methoxy groups -OCH3 is 1. The first-order valence-corrected chi connectivity index (χ1v) is 5.56. The van der Waals surface area contributed by atoms with Gasteiger partial charge in [0.05, 0.1) is 11.6 Å². The maximum Gasteiger partial charge on any atom is 0.320 e. The Balaban J connectivity index is 3.07. The van der Waals surface area contributed by atoms with E-state index in [0.29, 0.717) is 5.75 Å². The highest BCUT2D eigenvalue weighted by atomic mass is 79.9. The number of aliphatic carboxylic acids is 1. The molecular formula is C11H14BrNO3. The van der Waals surface area contributed by atoms with Gasteiger partial charge in [0.25, 0.3) is 0 Å². The van der Waals surface area contributed by atoms with Crippen molar-refractivity contribution in [2.75, 3.05) is 7.11 Å². The zero-order chi connectivity index (χ0) is 12.3. The van der Waals surface area contributed by atoms with E-state index >= 15 is 0 Å². The molecule has 1 rings (SSSR count). The van der Waals surface area contributed by atoms with Crippen LogP contribution in [0.3, 0.4) is 0 Å². The van der Waals surface area contributed by atoms with E-state index in [1.54, 1.807) is 7.11 Å². The molecule has 0 radical (unpaired) electrons. The minimum Gasteiger partial charge on any atom is -0.495 e. The standard InChI is InChI=1S/C11H14BrNO3/c1-6-3-7(5-9(13)11(14)15)10(16-2)8(12)4-6/h3-4,9H,5,13H2,1-2H3,(H,14,15). The Hall–Kier alpha value is -1.07. The van der Waals surface area contributed by atoms with Crippen LogP contribution in [0, 0.1) is 6.92 Å². The van der Waals surface area contributed by atoms with Crippen molar-refractivity contribution in [1.29, 1.82) is 0 Å². The van der Waals surface area contributed by atoms with Crippen LogP contribution < -0.4 is 10.5 Å². The van der Waals surface area contributed by atoms with Gasteiger partial charge in [-0.1, -0.05) is 6.07 Å². The molecule has 0 bridgehead atoms. The molecule has 5 heteroatoms. The van der Waals surface area contributed by atoms with Crippen molar-refractivity contribution in [3.05, 3.63) is 27.7 Å². The van der Waals surface area contributed by atoms with Gasteiger partial charge >= 0.3 is 5.97 Å². The summed E-state index contributed by atoms with van der Waals surface area (Å²) in [5, 5.41) is 8.77. The molecule has 1 aromatic carbocycles. The highest BCUT2D eigenvalue weighted by Gasteiger charge is 2.16. The summed E-state index contributed by atoms with van der Waals surface area (Å²) in [7, 11) is 1.55. The van der Waals surface area contributed by atoms with Crippen LogP contribution in [0.4, 0.5) is 0 Å². The zero-order valence-electron chi connectivity index (χ0n) is 9.16. The second-order valence-corrected chi connectivity index (χ2v) is 4.44. The molecule has 0 aliphatic rings. The van der Waals surface area contributed by atoms with Gasteiger partial charge in [-0.05, 0) is 40.0 Å². The van der Waals surface area contributed by atoms with Crippen molar-refractivity contribution in [2.24, 2.45) is 5.73 Å². The van der Waals surface area contributed by atoms with Crippen molar-refractivity contribution in [2.45, 2.75) is 19.4 Å². The van der Waals surface area contributed by atoms with Crippen LogP contribution >= 0.6 is 15.9 Å². The molecule has 0 saturated heterocycles. The lowest BCUT2D eigenvalue weighted by atomic mass is 10.0. The summed E-state index contributed by atoms with van der Waals surface area (Å²) < 4.78 is 6.02. The molecule has 4 nitrogen and oxygen atoms in total. The summed E-state index contributed by atoms with van der Waals surface area (Å²) in [6, 6.07) is 2.88. The molecular weight excluding hydrogens is 274 g/mol. The third-order valence-electron chi connectivity index (χ3n) is 2.23. The molecule has 0 saturated carbocycles. The number of aryl methyl sites for hydroxylation is 1. The van der Waals surface area contributed by atoms with E-state index in [0.717, 1.165) is 15.6 Å². The van der Waals surface area contributed by atoms with Crippen molar-refractivity contribution in [3.8, 4) is 5.75 Å². The van der Waals surface area contributed by atoms with E-state index in [2.05, 4.69) is 15.9 Å². The maximum atomic E-state index is 10.7. The molecule has 0 spiro atoms. The molecule has 88 valence electrons. The van der Waals surface area contributed by atoms with Gasteiger partial charge in [-0.25, -0.2) is 0 Å². The molecule has 0 fully saturated rings. The molecule has 1 aromatic rings. The average molecular weight is 288 g/mol. The predicted molar refractivity (Wildman–Crippen MR) is 64.7 cm³/mol. The second kappa shape index (κ2) is 5.32. The summed E-state index contributed by atoms with van der Waals surface area (Å²) in [6.07, 6.45) is 0.249. The minimum absolute atomic E-state index is 0.249. The van der Waals surface area contributed by atoms with Crippen LogP contribution in [0.5, 0.6) is 5.75 Å². The van der Waals surface area contributed by atoms with Gasteiger partial charge < -0.3 is 15.6 Å². The lowest BCUT2D eigenvalue weighted by Gasteiger charge is -2.13. The first kappa shape index (κ1) is 13.0. The largest absolute Gasteiger partial charge is 0.495 e. The molecule has 16 heavy (non-hydrogen) atoms. The fourth-order valence-corrected chi connectivity index (χ4v) is 2.28. The number of rotatable bonds is 4. The molecule has 1 atom stereocenters. The molecule has 0 aliphatic heterocycles. The molecule has 0 amide bonds. The zero-order valence-corrected chi connectivity index (χ0v) is 10.7. The highest BCUT2D eigenvalue weighted by molar-refractivity contribution is 9.10. The van der Waals surface area contributed by atoms with Crippen molar-refractivity contribution >= 4 is 21.9 Å². The minimum atomic E-state index is -1.01. The van der Waals surface area contributed by atoms with Crippen LogP contribution in [-0.2, 0) is 11.2 Å². The van der Waals surface area contributed by atoms with Crippen LogP contribution in [0.25, 0.3) is 0 Å². The number of carboxylic acids is 1. The first-order valence-electron chi connectivity index (χ1n) is 4.77. The number of benzene rings is 1. The third-order valence-corrected chi connectivity index (χ3v) is 2.82. The second-order valence-electron chi connectivity index (χ2n) is 3.59. The summed E-state index contributed by atoms with van der Waals surface area (Å²) >= 11 is 3.37. The van der Waals surface area contributed by atoms with Crippen LogP contribution in [0.2, 0.25) is 0 Å². The van der Waals surface area contributed by atoms with Gasteiger partial charge in [-0.15, -0.1) is 0 Å². The van der Waals surface area contributed by atoms with Gasteiger partial charge in [0.15, 0.2) is 0 Å². The Morgan fingerprint density at radius 3 is 2.75 bits per heavy atom. The van der Waals surface area contributed by atoms with Crippen molar-refractivity contribution in [3.63, 3.8) is 0 Å². The maximum absolute atomic E-state index is 10.7. The molecule has 0 aromatic heterocycles. The Bertz CT molecular complexity index is 406. The number of carboxylic acid groups (broad SMARTS) is 1. The Kier molecular flexibility index (Phi) is 4.32. The molecule has 3 N–H and O–H groups in total. The summed E-state index contributed by atoms with van der Waals surface area (Å²) in [4.78, 5) is 10.7.